The van der Waals surface area contributed by atoms with Crippen LogP contribution in [0.1, 0.15) is 25.8 Å². The van der Waals surface area contributed by atoms with Crippen LogP contribution >= 0.6 is 0 Å². The van der Waals surface area contributed by atoms with Crippen LogP contribution in [-0.4, -0.2) is 23.6 Å². The molecule has 0 aliphatic rings. The Hall–Kier alpha value is -2.41. The van der Waals surface area contributed by atoms with Crippen LogP contribution in [0.2, 0.25) is 0 Å². The molecular formula is C14H17N3O4. The molecule has 0 saturated carbocycles. The van der Waals surface area contributed by atoms with Crippen LogP contribution in [0, 0.1) is 10.1 Å². The van der Waals surface area contributed by atoms with Gasteiger partial charge in [0.25, 0.3) is 0 Å². The highest BCUT2D eigenvalue weighted by atomic mass is 16.6. The third-order valence-electron chi connectivity index (χ3n) is 3.07. The molecule has 1 aromatic carbocycles. The van der Waals surface area contributed by atoms with Crippen LogP contribution in [0.5, 0.6) is 5.75 Å². The van der Waals surface area contributed by atoms with E-state index in [9.17, 15) is 10.1 Å². The largest absolute Gasteiger partial charge is 0.490 e. The van der Waals surface area contributed by atoms with Crippen molar-refractivity contribution in [2.24, 2.45) is 0 Å². The lowest BCUT2D eigenvalue weighted by molar-refractivity contribution is -0.385. The maximum atomic E-state index is 10.9. The molecular weight excluding hydrogens is 274 g/mol. The van der Waals surface area contributed by atoms with Gasteiger partial charge in [0.15, 0.2) is 11.5 Å². The number of methoxy groups -OCH3 is 1. The summed E-state index contributed by atoms with van der Waals surface area (Å²) in [6.45, 7) is 4.77. The highest BCUT2D eigenvalue weighted by Crippen LogP contribution is 2.32. The summed E-state index contributed by atoms with van der Waals surface area (Å²) in [4.78, 5) is 14.6. The van der Waals surface area contributed by atoms with E-state index in [4.69, 9.17) is 9.15 Å². The zero-order valence-electron chi connectivity index (χ0n) is 12.1. The van der Waals surface area contributed by atoms with Crippen molar-refractivity contribution < 1.29 is 14.1 Å². The molecule has 2 rings (SSSR count). The normalized spacial score (nSPS) is 12.1. The van der Waals surface area contributed by atoms with E-state index in [0.717, 1.165) is 6.54 Å². The van der Waals surface area contributed by atoms with Gasteiger partial charge >= 0.3 is 5.69 Å². The summed E-state index contributed by atoms with van der Waals surface area (Å²) in [7, 11) is 1.39. The Kier molecular flexibility index (Phi) is 4.54. The Balaban J connectivity index is 2.32. The van der Waals surface area contributed by atoms with Crippen molar-refractivity contribution in [2.75, 3.05) is 13.7 Å². The number of nitrogens with one attached hydrogen (secondary N) is 1. The van der Waals surface area contributed by atoms with Crippen LogP contribution in [0.15, 0.2) is 28.8 Å². The van der Waals surface area contributed by atoms with Crippen LogP contribution < -0.4 is 10.1 Å². The summed E-state index contributed by atoms with van der Waals surface area (Å²) in [6.07, 6.45) is 1.60. The number of nitrogens with zero attached hydrogens (tertiary/aromatic N) is 2. The minimum atomic E-state index is -0.484. The number of hydrogen-bond acceptors (Lipinski definition) is 6. The number of nitro benzene ring substituents is 1. The zero-order valence-corrected chi connectivity index (χ0v) is 12.1. The smallest absolute Gasteiger partial charge is 0.310 e. The van der Waals surface area contributed by atoms with Crippen LogP contribution in [0.3, 0.4) is 0 Å². The number of ether oxygens (including phenoxy) is 1. The van der Waals surface area contributed by atoms with E-state index in [2.05, 4.69) is 10.3 Å². The predicted octanol–water partition coefficient (Wildman–Crippen LogP) is 2.93. The highest BCUT2D eigenvalue weighted by Gasteiger charge is 2.18. The average Bonchev–Trinajstić information content (AvgIpc) is 2.96. The Morgan fingerprint density at radius 2 is 2.29 bits per heavy atom. The van der Waals surface area contributed by atoms with Gasteiger partial charge in [-0.3, -0.25) is 10.1 Å². The number of aromatic nitrogens is 1. The molecule has 0 aliphatic carbocycles. The first kappa shape index (κ1) is 15.0. The molecule has 1 atom stereocenters. The molecule has 0 fully saturated rings. The fourth-order valence-electron chi connectivity index (χ4n) is 2.00. The number of hydrogen-bond donors (Lipinski definition) is 1. The van der Waals surface area contributed by atoms with E-state index in [1.807, 2.05) is 13.8 Å². The average molecular weight is 291 g/mol. The van der Waals surface area contributed by atoms with Crippen molar-refractivity contribution in [3.8, 4) is 17.1 Å². The molecule has 21 heavy (non-hydrogen) atoms. The van der Waals surface area contributed by atoms with E-state index in [1.54, 1.807) is 18.3 Å². The van der Waals surface area contributed by atoms with Crippen molar-refractivity contribution in [3.05, 3.63) is 40.4 Å². The summed E-state index contributed by atoms with van der Waals surface area (Å²) in [5.41, 5.74) is 0.599. The van der Waals surface area contributed by atoms with Gasteiger partial charge in [-0.2, -0.15) is 0 Å². The summed E-state index contributed by atoms with van der Waals surface area (Å²) in [6, 6.07) is 4.58. The molecule has 0 aliphatic heterocycles. The minimum absolute atomic E-state index is 0.00342. The van der Waals surface area contributed by atoms with Crippen molar-refractivity contribution in [1.29, 1.82) is 0 Å². The SMILES string of the molecule is CCNC(C)c1ncc(-c2ccc([N+](=O)[O-])c(OC)c2)o1. The Morgan fingerprint density at radius 3 is 2.90 bits per heavy atom. The lowest BCUT2D eigenvalue weighted by Gasteiger charge is -2.07. The Morgan fingerprint density at radius 1 is 1.52 bits per heavy atom. The minimum Gasteiger partial charge on any atom is -0.490 e. The first-order valence-corrected chi connectivity index (χ1v) is 6.58. The summed E-state index contributed by atoms with van der Waals surface area (Å²) in [5, 5.41) is 14.1. The third kappa shape index (κ3) is 3.19. The second kappa shape index (κ2) is 6.36. The van der Waals surface area contributed by atoms with E-state index in [0.29, 0.717) is 17.2 Å². The predicted molar refractivity (Wildman–Crippen MR) is 77.2 cm³/mol. The first-order valence-electron chi connectivity index (χ1n) is 6.58. The molecule has 0 spiro atoms. The zero-order chi connectivity index (χ0) is 15.4. The van der Waals surface area contributed by atoms with Crippen molar-refractivity contribution >= 4 is 5.69 Å². The van der Waals surface area contributed by atoms with Crippen LogP contribution in [0.25, 0.3) is 11.3 Å². The third-order valence-corrected chi connectivity index (χ3v) is 3.07. The Bertz CT molecular complexity index is 639. The number of rotatable bonds is 6. The molecule has 7 nitrogen and oxygen atoms in total. The molecule has 0 bridgehead atoms. The van der Waals surface area contributed by atoms with Gasteiger partial charge in [-0.15, -0.1) is 0 Å². The highest BCUT2D eigenvalue weighted by molar-refractivity contribution is 5.63. The summed E-state index contributed by atoms with van der Waals surface area (Å²) >= 11 is 0. The monoisotopic (exact) mass is 291 g/mol. The Labute approximate surface area is 122 Å². The van der Waals surface area contributed by atoms with Gasteiger partial charge in [-0.1, -0.05) is 6.92 Å². The fourth-order valence-corrected chi connectivity index (χ4v) is 2.00. The molecule has 112 valence electrons. The van der Waals surface area contributed by atoms with Gasteiger partial charge in [-0.05, 0) is 25.6 Å². The van der Waals surface area contributed by atoms with Gasteiger partial charge in [0, 0.05) is 11.6 Å². The van der Waals surface area contributed by atoms with Gasteiger partial charge in [-0.25, -0.2) is 4.98 Å². The second-order valence-electron chi connectivity index (χ2n) is 4.49. The second-order valence-corrected chi connectivity index (χ2v) is 4.49. The van der Waals surface area contributed by atoms with E-state index >= 15 is 0 Å². The number of nitro groups is 1. The quantitative estimate of drug-likeness (QED) is 0.650. The molecule has 0 radical (unpaired) electrons. The van der Waals surface area contributed by atoms with Crippen molar-refractivity contribution in [1.82, 2.24) is 10.3 Å². The first-order chi connectivity index (χ1) is 10.1. The molecule has 1 heterocycles. The van der Waals surface area contributed by atoms with Crippen molar-refractivity contribution in [3.63, 3.8) is 0 Å². The summed E-state index contributed by atoms with van der Waals surface area (Å²) < 4.78 is 10.7. The van der Waals surface area contributed by atoms with Gasteiger partial charge in [0.2, 0.25) is 5.89 Å². The topological polar surface area (TPSA) is 90.4 Å². The van der Waals surface area contributed by atoms with Crippen LogP contribution in [0.4, 0.5) is 5.69 Å². The van der Waals surface area contributed by atoms with Crippen molar-refractivity contribution in [2.45, 2.75) is 19.9 Å². The number of oxazole rings is 1. The van der Waals surface area contributed by atoms with E-state index in [1.165, 1.54) is 13.2 Å². The summed E-state index contributed by atoms with van der Waals surface area (Å²) in [5.74, 6) is 1.31. The standard InChI is InChI=1S/C14H17N3O4/c1-4-15-9(2)14-16-8-13(21-14)10-5-6-11(17(18)19)12(7-10)20-3/h5-9,15H,4H2,1-3H3. The molecule has 2 aromatic rings. The van der Waals surface area contributed by atoms with Gasteiger partial charge < -0.3 is 14.5 Å². The maximum Gasteiger partial charge on any atom is 0.310 e. The lowest BCUT2D eigenvalue weighted by Crippen LogP contribution is -2.17. The van der Waals surface area contributed by atoms with Crippen LogP contribution in [-0.2, 0) is 0 Å². The molecule has 0 amide bonds. The van der Waals surface area contributed by atoms with Gasteiger partial charge in [0.1, 0.15) is 0 Å². The maximum absolute atomic E-state index is 10.9. The van der Waals surface area contributed by atoms with Gasteiger partial charge in [0.05, 0.1) is 24.3 Å². The van der Waals surface area contributed by atoms with E-state index in [-0.39, 0.29) is 17.5 Å². The molecule has 7 heteroatoms. The fraction of sp³-hybridized carbons (Fsp3) is 0.357. The molecule has 1 unspecified atom stereocenters. The van der Waals surface area contributed by atoms with E-state index < -0.39 is 4.92 Å². The number of benzene rings is 1. The molecule has 1 N–H and O–H groups in total. The molecule has 1 aromatic heterocycles. The lowest BCUT2D eigenvalue weighted by atomic mass is 10.1. The molecule has 0 saturated heterocycles.